The number of ether oxygens (including phenoxy) is 2. The van der Waals surface area contributed by atoms with E-state index in [0.29, 0.717) is 19.1 Å². The lowest BCUT2D eigenvalue weighted by atomic mass is 10.2. The van der Waals surface area contributed by atoms with Crippen molar-refractivity contribution in [3.8, 4) is 5.75 Å². The summed E-state index contributed by atoms with van der Waals surface area (Å²) < 4.78 is 10.4. The number of nitrogens with zero attached hydrogens (tertiary/aromatic N) is 1. The fraction of sp³-hybridized carbons (Fsp3) is 0.357. The van der Waals surface area contributed by atoms with Crippen molar-refractivity contribution in [1.82, 2.24) is 0 Å². The minimum Gasteiger partial charge on any atom is -0.497 e. The van der Waals surface area contributed by atoms with Gasteiger partial charge in [0.05, 0.1) is 26.9 Å². The van der Waals surface area contributed by atoms with E-state index in [1.165, 1.54) is 5.57 Å². The van der Waals surface area contributed by atoms with E-state index in [1.807, 2.05) is 24.3 Å². The Bertz CT molecular complexity index is 472. The van der Waals surface area contributed by atoms with Crippen LogP contribution in [0.1, 0.15) is 6.42 Å². The van der Waals surface area contributed by atoms with Gasteiger partial charge in [0.2, 0.25) is 0 Å². The lowest BCUT2D eigenvalue weighted by Crippen LogP contribution is -2.23. The molecule has 1 aromatic rings. The van der Waals surface area contributed by atoms with Gasteiger partial charge in [0.25, 0.3) is 0 Å². The first kappa shape index (κ1) is 16.8. The Morgan fingerprint density at radius 2 is 2.15 bits per heavy atom. The molecule has 0 radical (unpaired) electrons. The Morgan fingerprint density at radius 3 is 2.75 bits per heavy atom. The quantitative estimate of drug-likeness (QED) is 0.359. The zero-order valence-electron chi connectivity index (χ0n) is 11.5. The number of hydrogen-bond donors (Lipinski definition) is 2. The highest BCUT2D eigenvalue weighted by Crippen LogP contribution is 2.14. The smallest absolute Gasteiger partial charge is 0.193 e. The molecule has 0 bridgehead atoms. The molecule has 0 aromatic heterocycles. The van der Waals surface area contributed by atoms with Gasteiger partial charge in [0.1, 0.15) is 5.75 Å². The average Bonchev–Trinajstić information content (AvgIpc) is 2.47. The topological polar surface area (TPSA) is 68.9 Å². The number of hydrogen-bond acceptors (Lipinski definition) is 3. The maximum Gasteiger partial charge on any atom is 0.193 e. The number of nitrogens with two attached hydrogens (primary N) is 1. The van der Waals surface area contributed by atoms with Gasteiger partial charge in [-0.05, 0) is 36.3 Å². The Balaban J connectivity index is 0.00000200. The van der Waals surface area contributed by atoms with Crippen LogP contribution in [0.15, 0.2) is 40.9 Å². The third-order valence-electron chi connectivity index (χ3n) is 2.80. The first-order valence-electron chi connectivity index (χ1n) is 6.24. The van der Waals surface area contributed by atoms with E-state index < -0.39 is 0 Å². The third-order valence-corrected chi connectivity index (χ3v) is 2.80. The van der Waals surface area contributed by atoms with Crippen LogP contribution in [-0.4, -0.2) is 32.8 Å². The monoisotopic (exact) mass is 389 g/mol. The average molecular weight is 389 g/mol. The molecule has 1 aromatic carbocycles. The fourth-order valence-electron chi connectivity index (χ4n) is 1.77. The minimum absolute atomic E-state index is 0. The van der Waals surface area contributed by atoms with Crippen molar-refractivity contribution in [3.63, 3.8) is 0 Å². The number of rotatable bonds is 4. The second-order valence-electron chi connectivity index (χ2n) is 4.26. The molecule has 0 saturated heterocycles. The number of anilines is 1. The summed E-state index contributed by atoms with van der Waals surface area (Å²) in [6, 6.07) is 7.52. The summed E-state index contributed by atoms with van der Waals surface area (Å²) in [7, 11) is 1.64. The summed E-state index contributed by atoms with van der Waals surface area (Å²) in [5, 5.41) is 3.04. The molecule has 0 amide bonds. The minimum atomic E-state index is 0. The van der Waals surface area contributed by atoms with Crippen molar-refractivity contribution in [2.45, 2.75) is 6.42 Å². The van der Waals surface area contributed by atoms with E-state index in [9.17, 15) is 0 Å². The van der Waals surface area contributed by atoms with Gasteiger partial charge in [-0.15, -0.1) is 24.0 Å². The van der Waals surface area contributed by atoms with Crippen LogP contribution in [0.25, 0.3) is 0 Å². The molecule has 110 valence electrons. The maximum atomic E-state index is 5.83. The van der Waals surface area contributed by atoms with Gasteiger partial charge < -0.3 is 20.5 Å². The van der Waals surface area contributed by atoms with Gasteiger partial charge in [0.15, 0.2) is 5.96 Å². The standard InChI is InChI=1S/C14H19N3O2.HI/c1-18-13-6-4-12(5-7-13)17-14(15)16-9-11-3-2-8-19-10-11;/h3-7H,2,8-10H2,1H3,(H3,15,16,17);1H. The van der Waals surface area contributed by atoms with Crippen molar-refractivity contribution in [3.05, 3.63) is 35.9 Å². The predicted octanol–water partition coefficient (Wildman–Crippen LogP) is 2.39. The van der Waals surface area contributed by atoms with Gasteiger partial charge in [0, 0.05) is 5.69 Å². The number of benzene rings is 1. The molecule has 1 aliphatic rings. The predicted molar refractivity (Wildman–Crippen MR) is 92.0 cm³/mol. The largest absolute Gasteiger partial charge is 0.497 e. The first-order chi connectivity index (χ1) is 9.28. The number of aliphatic imine (C=N–C) groups is 1. The highest BCUT2D eigenvalue weighted by Gasteiger charge is 2.03. The normalized spacial score (nSPS) is 15.1. The van der Waals surface area contributed by atoms with E-state index in [4.69, 9.17) is 15.2 Å². The van der Waals surface area contributed by atoms with Crippen molar-refractivity contribution < 1.29 is 9.47 Å². The second kappa shape index (κ2) is 8.80. The summed E-state index contributed by atoms with van der Waals surface area (Å²) in [6.45, 7) is 2.03. The Kier molecular flexibility index (Phi) is 7.38. The summed E-state index contributed by atoms with van der Waals surface area (Å²) in [5.74, 6) is 1.21. The molecule has 0 aliphatic carbocycles. The van der Waals surface area contributed by atoms with Crippen LogP contribution in [0.3, 0.4) is 0 Å². The van der Waals surface area contributed by atoms with E-state index in [2.05, 4.69) is 16.4 Å². The lowest BCUT2D eigenvalue weighted by molar-refractivity contribution is 0.150. The molecule has 0 spiro atoms. The zero-order chi connectivity index (χ0) is 13.5. The molecule has 1 heterocycles. The van der Waals surface area contributed by atoms with Crippen LogP contribution < -0.4 is 15.8 Å². The SMILES string of the molecule is COc1ccc(NC(N)=NCC2=CCCOC2)cc1.I. The molecule has 1 aliphatic heterocycles. The van der Waals surface area contributed by atoms with Crippen LogP contribution >= 0.6 is 24.0 Å². The third kappa shape index (κ3) is 5.38. The molecule has 5 nitrogen and oxygen atoms in total. The molecule has 0 fully saturated rings. The molecule has 3 N–H and O–H groups in total. The number of halogens is 1. The first-order valence-corrected chi connectivity index (χ1v) is 6.24. The molecule has 0 unspecified atom stereocenters. The van der Waals surface area contributed by atoms with E-state index in [1.54, 1.807) is 7.11 Å². The number of nitrogens with one attached hydrogen (secondary N) is 1. The van der Waals surface area contributed by atoms with Crippen LogP contribution in [-0.2, 0) is 4.74 Å². The molecular formula is C14H20IN3O2. The summed E-state index contributed by atoms with van der Waals surface area (Å²) >= 11 is 0. The molecule has 20 heavy (non-hydrogen) atoms. The highest BCUT2D eigenvalue weighted by atomic mass is 127. The second-order valence-corrected chi connectivity index (χ2v) is 4.26. The molecule has 0 atom stereocenters. The summed E-state index contributed by atoms with van der Waals surface area (Å²) in [5.41, 5.74) is 7.89. The van der Waals surface area contributed by atoms with Crippen molar-refractivity contribution >= 4 is 35.6 Å². The number of guanidine groups is 1. The molecule has 0 saturated carbocycles. The molecular weight excluding hydrogens is 369 g/mol. The van der Waals surface area contributed by atoms with Crippen molar-refractivity contribution in [2.24, 2.45) is 10.7 Å². The molecule has 2 rings (SSSR count). The van der Waals surface area contributed by atoms with Crippen molar-refractivity contribution in [2.75, 3.05) is 32.2 Å². The Hall–Kier alpha value is -1.28. The summed E-state index contributed by atoms with van der Waals surface area (Å²) in [4.78, 5) is 4.29. The molecule has 6 heteroatoms. The van der Waals surface area contributed by atoms with Crippen LogP contribution in [0.4, 0.5) is 5.69 Å². The van der Waals surface area contributed by atoms with E-state index >= 15 is 0 Å². The Morgan fingerprint density at radius 1 is 1.40 bits per heavy atom. The Labute approximate surface area is 136 Å². The number of methoxy groups -OCH3 is 1. The van der Waals surface area contributed by atoms with E-state index in [0.717, 1.165) is 24.5 Å². The van der Waals surface area contributed by atoms with Gasteiger partial charge >= 0.3 is 0 Å². The zero-order valence-corrected chi connectivity index (χ0v) is 13.8. The van der Waals surface area contributed by atoms with Crippen molar-refractivity contribution in [1.29, 1.82) is 0 Å². The van der Waals surface area contributed by atoms with Gasteiger partial charge in [-0.2, -0.15) is 0 Å². The van der Waals surface area contributed by atoms with E-state index in [-0.39, 0.29) is 24.0 Å². The summed E-state index contributed by atoms with van der Waals surface area (Å²) in [6.07, 6.45) is 3.12. The van der Waals surface area contributed by atoms with Crippen LogP contribution in [0, 0.1) is 0 Å². The van der Waals surface area contributed by atoms with Gasteiger partial charge in [-0.1, -0.05) is 6.08 Å². The highest BCUT2D eigenvalue weighted by molar-refractivity contribution is 14.0. The maximum absolute atomic E-state index is 5.83. The van der Waals surface area contributed by atoms with Gasteiger partial charge in [-0.3, -0.25) is 0 Å². The van der Waals surface area contributed by atoms with Crippen LogP contribution in [0.5, 0.6) is 5.75 Å². The van der Waals surface area contributed by atoms with Crippen LogP contribution in [0.2, 0.25) is 0 Å². The fourth-order valence-corrected chi connectivity index (χ4v) is 1.77. The van der Waals surface area contributed by atoms with Gasteiger partial charge in [-0.25, -0.2) is 4.99 Å². The lowest BCUT2D eigenvalue weighted by Gasteiger charge is -2.12.